The van der Waals surface area contributed by atoms with Gasteiger partial charge in [-0.2, -0.15) is 5.10 Å². The van der Waals surface area contributed by atoms with Crippen LogP contribution < -0.4 is 9.73 Å². The molecule has 1 N–H and O–H groups in total. The van der Waals surface area contributed by atoms with Gasteiger partial charge >= 0.3 is 0 Å². The highest BCUT2D eigenvalue weighted by molar-refractivity contribution is 7.92. The molecule has 0 saturated carbocycles. The summed E-state index contributed by atoms with van der Waals surface area (Å²) in [5, 5.41) is 5.58. The van der Waals surface area contributed by atoms with E-state index in [1.54, 1.807) is 60.8 Å². The van der Waals surface area contributed by atoms with E-state index < -0.39 is 15.9 Å². The summed E-state index contributed by atoms with van der Waals surface area (Å²) in [6, 6.07) is 20.6. The third kappa shape index (κ3) is 6.65. The summed E-state index contributed by atoms with van der Waals surface area (Å²) in [5.74, 6) is -0.437. The molecule has 1 aromatic heterocycles. The molecule has 4 aromatic rings. The third-order valence-electron chi connectivity index (χ3n) is 6.07. The van der Waals surface area contributed by atoms with Gasteiger partial charge in [0.1, 0.15) is 0 Å². The molecule has 0 fully saturated rings. The molecule has 0 unspecified atom stereocenters. The molecular weight excluding hydrogens is 579 g/mol. The van der Waals surface area contributed by atoms with E-state index in [0.29, 0.717) is 26.3 Å². The maximum atomic E-state index is 12.7. The van der Waals surface area contributed by atoms with Crippen molar-refractivity contribution >= 4 is 62.6 Å². The maximum absolute atomic E-state index is 12.7. The van der Waals surface area contributed by atoms with Gasteiger partial charge in [0, 0.05) is 27.5 Å². The summed E-state index contributed by atoms with van der Waals surface area (Å²) in [6.07, 6.45) is 2.69. The van der Waals surface area contributed by atoms with Gasteiger partial charge in [-0.05, 0) is 74.0 Å². The number of nitrogens with one attached hydrogen (secondary N) is 1. The van der Waals surface area contributed by atoms with Crippen molar-refractivity contribution in [1.82, 2.24) is 9.99 Å². The fourth-order valence-corrected chi connectivity index (χ4v) is 5.51. The molecule has 0 aliphatic rings. The lowest BCUT2D eigenvalue weighted by Gasteiger charge is -2.22. The number of hydrogen-bond acceptors (Lipinski definition) is 4. The van der Waals surface area contributed by atoms with Crippen molar-refractivity contribution in [1.29, 1.82) is 0 Å². The number of amides is 1. The molecule has 7 nitrogen and oxygen atoms in total. The molecule has 0 radical (unpaired) electrons. The lowest BCUT2D eigenvalue weighted by atomic mass is 10.2. The number of aromatic nitrogens is 1. The Morgan fingerprint density at radius 3 is 2.31 bits per heavy atom. The number of hydrazone groups is 1. The Morgan fingerprint density at radius 1 is 1.00 bits per heavy atom. The van der Waals surface area contributed by atoms with E-state index in [1.807, 2.05) is 36.6 Å². The van der Waals surface area contributed by atoms with Crippen LogP contribution in [0.2, 0.25) is 15.1 Å². The predicted molar refractivity (Wildman–Crippen MR) is 159 cm³/mol. The Balaban J connectivity index is 1.48. The molecule has 0 aliphatic carbocycles. The number of carbonyl (C=O) groups excluding carboxylic acids is 1. The monoisotopic (exact) mass is 602 g/mol. The van der Waals surface area contributed by atoms with Gasteiger partial charge < -0.3 is 4.57 Å². The van der Waals surface area contributed by atoms with Crippen LogP contribution in [0.5, 0.6) is 0 Å². The summed E-state index contributed by atoms with van der Waals surface area (Å²) in [4.78, 5) is 12.7. The number of rotatable bonds is 8. The molecule has 4 rings (SSSR count). The van der Waals surface area contributed by atoms with Crippen LogP contribution in [0.1, 0.15) is 32.9 Å². The molecule has 39 heavy (non-hydrogen) atoms. The standard InChI is InChI=1S/C28H25Cl3N4O3S/c1-18-15-22(19(2)35(18)26-6-4-5-25(30)27(26)31)16-32-33-28(36)21-9-13-24(14-10-21)34(39(3,37)38)17-20-7-11-23(29)12-8-20/h4-16H,17H2,1-3H3,(H,33,36)/b32-16-. The van der Waals surface area contributed by atoms with E-state index in [2.05, 4.69) is 10.5 Å². The second kappa shape index (κ2) is 11.8. The van der Waals surface area contributed by atoms with Crippen molar-refractivity contribution in [2.45, 2.75) is 20.4 Å². The number of anilines is 1. The average Bonchev–Trinajstić information content (AvgIpc) is 3.17. The molecule has 3 aromatic carbocycles. The van der Waals surface area contributed by atoms with Crippen LogP contribution in [0, 0.1) is 13.8 Å². The topological polar surface area (TPSA) is 83.8 Å². The van der Waals surface area contributed by atoms with Gasteiger partial charge in [-0.3, -0.25) is 9.10 Å². The van der Waals surface area contributed by atoms with Gasteiger partial charge in [0.25, 0.3) is 5.91 Å². The highest BCUT2D eigenvalue weighted by Gasteiger charge is 2.19. The summed E-state index contributed by atoms with van der Waals surface area (Å²) in [5.41, 5.74) is 7.40. The molecule has 0 saturated heterocycles. The summed E-state index contributed by atoms with van der Waals surface area (Å²) >= 11 is 18.5. The van der Waals surface area contributed by atoms with Crippen molar-refractivity contribution in [3.05, 3.63) is 116 Å². The SMILES string of the molecule is Cc1cc(/C=N\NC(=O)c2ccc(N(Cc3ccc(Cl)cc3)S(C)(=O)=O)cc2)c(C)n1-c1cccc(Cl)c1Cl. The van der Waals surface area contributed by atoms with Crippen LogP contribution in [0.3, 0.4) is 0 Å². The largest absolute Gasteiger partial charge is 0.316 e. The van der Waals surface area contributed by atoms with Crippen LogP contribution in [0.15, 0.2) is 77.9 Å². The third-order valence-corrected chi connectivity index (χ3v) is 8.27. The Kier molecular flexibility index (Phi) is 8.71. The van der Waals surface area contributed by atoms with Gasteiger partial charge in [-0.15, -0.1) is 0 Å². The number of aryl methyl sites for hydroxylation is 1. The van der Waals surface area contributed by atoms with Crippen LogP contribution >= 0.6 is 34.8 Å². The minimum atomic E-state index is -3.58. The Hall–Kier alpha value is -3.30. The van der Waals surface area contributed by atoms with Gasteiger partial charge in [0.2, 0.25) is 10.0 Å². The normalized spacial score (nSPS) is 11.6. The quantitative estimate of drug-likeness (QED) is 0.178. The van der Waals surface area contributed by atoms with Crippen molar-refractivity contribution in [3.8, 4) is 5.69 Å². The average molecular weight is 604 g/mol. The molecule has 0 aliphatic heterocycles. The second-order valence-electron chi connectivity index (χ2n) is 8.88. The first-order valence-electron chi connectivity index (χ1n) is 11.7. The number of halogens is 3. The predicted octanol–water partition coefficient (Wildman–Crippen LogP) is 6.78. The van der Waals surface area contributed by atoms with Gasteiger partial charge in [0.15, 0.2) is 0 Å². The highest BCUT2D eigenvalue weighted by Crippen LogP contribution is 2.31. The van der Waals surface area contributed by atoms with E-state index in [1.165, 1.54) is 4.31 Å². The van der Waals surface area contributed by atoms with E-state index >= 15 is 0 Å². The lowest BCUT2D eigenvalue weighted by Crippen LogP contribution is -2.29. The zero-order valence-electron chi connectivity index (χ0n) is 21.3. The molecule has 0 spiro atoms. The van der Waals surface area contributed by atoms with Crippen LogP contribution in [0.25, 0.3) is 5.69 Å². The zero-order valence-corrected chi connectivity index (χ0v) is 24.4. The summed E-state index contributed by atoms with van der Waals surface area (Å²) < 4.78 is 28.2. The molecule has 1 amide bonds. The second-order valence-corrected chi connectivity index (χ2v) is 12.0. The molecule has 202 valence electrons. The van der Waals surface area contributed by atoms with Gasteiger partial charge in [-0.1, -0.05) is 53.0 Å². The first-order chi connectivity index (χ1) is 18.5. The minimum Gasteiger partial charge on any atom is -0.316 e. The summed E-state index contributed by atoms with van der Waals surface area (Å²) in [7, 11) is -3.58. The fraction of sp³-hybridized carbons (Fsp3) is 0.143. The molecule has 0 atom stereocenters. The van der Waals surface area contributed by atoms with Crippen LogP contribution in [-0.4, -0.2) is 31.4 Å². The zero-order chi connectivity index (χ0) is 28.3. The molecule has 1 heterocycles. The minimum absolute atomic E-state index is 0.130. The number of nitrogens with zero attached hydrogens (tertiary/aromatic N) is 3. The van der Waals surface area contributed by atoms with Crippen molar-refractivity contribution in [2.24, 2.45) is 5.10 Å². The molecule has 0 bridgehead atoms. The number of sulfonamides is 1. The Bertz CT molecular complexity index is 1650. The lowest BCUT2D eigenvalue weighted by molar-refractivity contribution is 0.0955. The Morgan fingerprint density at radius 2 is 1.67 bits per heavy atom. The van der Waals surface area contributed by atoms with Gasteiger partial charge in [0.05, 0.1) is 40.4 Å². The van der Waals surface area contributed by atoms with Crippen LogP contribution in [0.4, 0.5) is 5.69 Å². The van der Waals surface area contributed by atoms with E-state index in [-0.39, 0.29) is 6.54 Å². The molecule has 11 heteroatoms. The van der Waals surface area contributed by atoms with Crippen LogP contribution in [-0.2, 0) is 16.6 Å². The first-order valence-corrected chi connectivity index (χ1v) is 14.7. The highest BCUT2D eigenvalue weighted by atomic mass is 35.5. The smallest absolute Gasteiger partial charge is 0.271 e. The van der Waals surface area contributed by atoms with E-state index in [0.717, 1.165) is 34.5 Å². The number of hydrogen-bond donors (Lipinski definition) is 1. The molecular formula is C28H25Cl3N4O3S. The van der Waals surface area contributed by atoms with Crippen molar-refractivity contribution in [3.63, 3.8) is 0 Å². The van der Waals surface area contributed by atoms with E-state index in [4.69, 9.17) is 34.8 Å². The van der Waals surface area contributed by atoms with Crippen molar-refractivity contribution < 1.29 is 13.2 Å². The van der Waals surface area contributed by atoms with E-state index in [9.17, 15) is 13.2 Å². The number of benzene rings is 3. The maximum Gasteiger partial charge on any atom is 0.271 e. The Labute approximate surface area is 242 Å². The summed E-state index contributed by atoms with van der Waals surface area (Å²) in [6.45, 7) is 3.99. The number of carbonyl (C=O) groups is 1. The first kappa shape index (κ1) is 28.7. The van der Waals surface area contributed by atoms with Gasteiger partial charge in [-0.25, -0.2) is 13.8 Å². The fourth-order valence-electron chi connectivity index (χ4n) is 4.11. The van der Waals surface area contributed by atoms with Crippen molar-refractivity contribution in [2.75, 3.05) is 10.6 Å².